The average molecular weight is 231 g/mol. The molecule has 3 nitrogen and oxygen atoms in total. The van der Waals surface area contributed by atoms with Gasteiger partial charge in [0.15, 0.2) is 0 Å². The molecule has 0 bridgehead atoms. The van der Waals surface area contributed by atoms with Crippen molar-refractivity contribution < 1.29 is 12.8 Å². The van der Waals surface area contributed by atoms with Crippen molar-refractivity contribution in [2.24, 2.45) is 0 Å². The Balaban J connectivity index is 3.09. The molecule has 84 valence electrons. The molecule has 0 atom stereocenters. The molecule has 0 aliphatic heterocycles. The number of hydrogen-bond donors (Lipinski definition) is 1. The van der Waals surface area contributed by atoms with E-state index in [4.69, 9.17) is 0 Å². The van der Waals surface area contributed by atoms with Crippen LogP contribution in [0.3, 0.4) is 0 Å². The maximum absolute atomic E-state index is 12.9. The van der Waals surface area contributed by atoms with Crippen LogP contribution in [0.5, 0.6) is 0 Å². The van der Waals surface area contributed by atoms with E-state index in [1.165, 1.54) is 12.1 Å². The Bertz CT molecular complexity index is 443. The van der Waals surface area contributed by atoms with Gasteiger partial charge in [-0.3, -0.25) is 0 Å². The molecule has 0 heterocycles. The van der Waals surface area contributed by atoms with Gasteiger partial charge in [0.1, 0.15) is 5.82 Å². The summed E-state index contributed by atoms with van der Waals surface area (Å²) >= 11 is 0. The molecule has 0 unspecified atom stereocenters. The summed E-state index contributed by atoms with van der Waals surface area (Å²) in [5.74, 6) is -0.544. The van der Waals surface area contributed by atoms with Gasteiger partial charge in [-0.2, -0.15) is 0 Å². The maximum atomic E-state index is 12.9. The van der Waals surface area contributed by atoms with Crippen molar-refractivity contribution >= 4 is 10.0 Å². The van der Waals surface area contributed by atoms with Crippen LogP contribution < -0.4 is 4.72 Å². The van der Waals surface area contributed by atoms with Gasteiger partial charge < -0.3 is 0 Å². The highest BCUT2D eigenvalue weighted by atomic mass is 32.2. The highest BCUT2D eigenvalue weighted by Crippen LogP contribution is 2.15. The zero-order valence-corrected chi connectivity index (χ0v) is 9.57. The second-order valence-corrected chi connectivity index (χ2v) is 5.04. The van der Waals surface area contributed by atoms with E-state index in [1.807, 2.05) is 6.92 Å². The molecule has 1 rings (SSSR count). The van der Waals surface area contributed by atoms with Crippen molar-refractivity contribution in [3.8, 4) is 0 Å². The van der Waals surface area contributed by atoms with Crippen molar-refractivity contribution in [2.45, 2.75) is 25.2 Å². The van der Waals surface area contributed by atoms with Gasteiger partial charge >= 0.3 is 0 Å². The third kappa shape index (κ3) is 3.00. The number of rotatable bonds is 4. The van der Waals surface area contributed by atoms with Crippen LogP contribution in [0, 0.1) is 12.7 Å². The third-order valence-electron chi connectivity index (χ3n) is 1.98. The van der Waals surface area contributed by atoms with E-state index in [0.717, 1.165) is 6.07 Å². The maximum Gasteiger partial charge on any atom is 0.240 e. The first-order valence-electron chi connectivity index (χ1n) is 4.73. The van der Waals surface area contributed by atoms with Gasteiger partial charge in [-0.1, -0.05) is 13.0 Å². The lowest BCUT2D eigenvalue weighted by Crippen LogP contribution is -2.25. The minimum absolute atomic E-state index is 0.0101. The summed E-state index contributed by atoms with van der Waals surface area (Å²) in [5, 5.41) is 0. The van der Waals surface area contributed by atoms with Crippen LogP contribution >= 0.6 is 0 Å². The largest absolute Gasteiger partial charge is 0.240 e. The first-order chi connectivity index (χ1) is 6.97. The first kappa shape index (κ1) is 12.1. The fourth-order valence-electron chi connectivity index (χ4n) is 1.18. The Morgan fingerprint density at radius 2 is 2.07 bits per heavy atom. The van der Waals surface area contributed by atoms with Gasteiger partial charge in [0.05, 0.1) is 4.90 Å². The Labute approximate surface area is 89.4 Å². The lowest BCUT2D eigenvalue weighted by Gasteiger charge is -2.08. The molecule has 0 saturated heterocycles. The fraction of sp³-hybridized carbons (Fsp3) is 0.400. The average Bonchev–Trinajstić information content (AvgIpc) is 2.18. The summed E-state index contributed by atoms with van der Waals surface area (Å²) in [5.41, 5.74) is 0.542. The van der Waals surface area contributed by atoms with Crippen LogP contribution in [0.25, 0.3) is 0 Å². The van der Waals surface area contributed by atoms with Gasteiger partial charge in [-0.25, -0.2) is 17.5 Å². The quantitative estimate of drug-likeness (QED) is 0.859. The highest BCUT2D eigenvalue weighted by Gasteiger charge is 2.16. The van der Waals surface area contributed by atoms with Crippen LogP contribution in [0.15, 0.2) is 23.1 Å². The van der Waals surface area contributed by atoms with E-state index in [0.29, 0.717) is 18.5 Å². The zero-order valence-electron chi connectivity index (χ0n) is 8.75. The molecule has 0 radical (unpaired) electrons. The van der Waals surface area contributed by atoms with Gasteiger partial charge in [0.25, 0.3) is 0 Å². The minimum atomic E-state index is -3.57. The van der Waals surface area contributed by atoms with Gasteiger partial charge in [0.2, 0.25) is 10.0 Å². The number of halogens is 1. The molecule has 0 fully saturated rings. The Morgan fingerprint density at radius 3 is 2.67 bits per heavy atom. The Kier molecular flexibility index (Phi) is 3.82. The molecule has 0 amide bonds. The molecule has 1 aromatic carbocycles. The topological polar surface area (TPSA) is 46.2 Å². The monoisotopic (exact) mass is 231 g/mol. The van der Waals surface area contributed by atoms with Crippen molar-refractivity contribution in [3.63, 3.8) is 0 Å². The van der Waals surface area contributed by atoms with E-state index < -0.39 is 15.8 Å². The van der Waals surface area contributed by atoms with Crippen molar-refractivity contribution in [1.82, 2.24) is 4.72 Å². The molecular weight excluding hydrogens is 217 g/mol. The summed E-state index contributed by atoms with van der Waals surface area (Å²) in [6, 6.07) is 3.73. The standard InChI is InChI=1S/C10H14FNO2S/c1-3-6-12-15(13,14)10-7-9(11)5-4-8(10)2/h4-5,7,12H,3,6H2,1-2H3. The lowest BCUT2D eigenvalue weighted by atomic mass is 10.2. The second-order valence-electron chi connectivity index (χ2n) is 3.31. The van der Waals surface area contributed by atoms with Gasteiger partial charge in [-0.15, -0.1) is 0 Å². The van der Waals surface area contributed by atoms with Gasteiger partial charge in [-0.05, 0) is 31.0 Å². The predicted molar refractivity (Wildman–Crippen MR) is 56.6 cm³/mol. The van der Waals surface area contributed by atoms with E-state index in [1.54, 1.807) is 6.92 Å². The molecule has 15 heavy (non-hydrogen) atoms. The molecule has 1 aromatic rings. The van der Waals surface area contributed by atoms with Crippen LogP contribution in [0.4, 0.5) is 4.39 Å². The molecule has 0 saturated carbocycles. The fourth-order valence-corrected chi connectivity index (χ4v) is 2.57. The summed E-state index contributed by atoms with van der Waals surface area (Å²) < 4.78 is 38.7. The summed E-state index contributed by atoms with van der Waals surface area (Å²) in [6.45, 7) is 3.86. The van der Waals surface area contributed by atoms with Crippen molar-refractivity contribution in [2.75, 3.05) is 6.54 Å². The van der Waals surface area contributed by atoms with Crippen LogP contribution in [-0.2, 0) is 10.0 Å². The number of sulfonamides is 1. The minimum Gasteiger partial charge on any atom is -0.211 e. The van der Waals surface area contributed by atoms with E-state index in [-0.39, 0.29) is 4.90 Å². The van der Waals surface area contributed by atoms with Gasteiger partial charge in [0, 0.05) is 6.54 Å². The highest BCUT2D eigenvalue weighted by molar-refractivity contribution is 7.89. The molecule has 0 aliphatic rings. The SMILES string of the molecule is CCCNS(=O)(=O)c1cc(F)ccc1C. The van der Waals surface area contributed by atoms with E-state index >= 15 is 0 Å². The summed E-state index contributed by atoms with van der Waals surface area (Å²) in [7, 11) is -3.57. The first-order valence-corrected chi connectivity index (χ1v) is 6.21. The lowest BCUT2D eigenvalue weighted by molar-refractivity contribution is 0.576. The Hall–Kier alpha value is -0.940. The summed E-state index contributed by atoms with van der Waals surface area (Å²) in [4.78, 5) is 0.0101. The number of aryl methyl sites for hydroxylation is 1. The number of benzene rings is 1. The van der Waals surface area contributed by atoms with Crippen LogP contribution in [-0.4, -0.2) is 15.0 Å². The zero-order chi connectivity index (χ0) is 11.5. The molecule has 0 aromatic heterocycles. The van der Waals surface area contributed by atoms with E-state index in [2.05, 4.69) is 4.72 Å². The molecule has 0 spiro atoms. The molecule has 1 N–H and O–H groups in total. The number of nitrogens with one attached hydrogen (secondary N) is 1. The second kappa shape index (κ2) is 4.72. The molecular formula is C10H14FNO2S. The van der Waals surface area contributed by atoms with Crippen LogP contribution in [0.1, 0.15) is 18.9 Å². The smallest absolute Gasteiger partial charge is 0.211 e. The third-order valence-corrected chi connectivity index (χ3v) is 3.58. The molecule has 5 heteroatoms. The van der Waals surface area contributed by atoms with Crippen molar-refractivity contribution in [1.29, 1.82) is 0 Å². The van der Waals surface area contributed by atoms with E-state index in [9.17, 15) is 12.8 Å². The normalized spacial score (nSPS) is 11.7. The molecule has 0 aliphatic carbocycles. The van der Waals surface area contributed by atoms with Crippen molar-refractivity contribution in [3.05, 3.63) is 29.6 Å². The van der Waals surface area contributed by atoms with Crippen LogP contribution in [0.2, 0.25) is 0 Å². The predicted octanol–water partition coefficient (Wildman–Crippen LogP) is 1.82. The Morgan fingerprint density at radius 1 is 1.40 bits per heavy atom. The number of hydrogen-bond acceptors (Lipinski definition) is 2. The summed E-state index contributed by atoms with van der Waals surface area (Å²) in [6.07, 6.45) is 0.702.